The molecular weight excluding hydrogens is 1160 g/mol. The van der Waals surface area contributed by atoms with Crippen LogP contribution >= 0.6 is 22.7 Å². The molecule has 2 fully saturated rings. The Morgan fingerprint density at radius 3 is 2.39 bits per heavy atom. The van der Waals surface area contributed by atoms with E-state index >= 15 is 0 Å². The number of para-hydroxylation sites is 1. The summed E-state index contributed by atoms with van der Waals surface area (Å²) in [4.78, 5) is 88.7. The Morgan fingerprint density at radius 2 is 1.63 bits per heavy atom. The Kier molecular flexibility index (Phi) is 17.8. The Balaban J connectivity index is 0.775. The number of fused-ring (bicyclic) bond motifs is 2. The first-order valence-corrected chi connectivity index (χ1v) is 32.7. The van der Waals surface area contributed by atoms with Gasteiger partial charge in [0.25, 0.3) is 21.8 Å². The van der Waals surface area contributed by atoms with Crippen molar-refractivity contribution in [2.45, 2.75) is 135 Å². The van der Waals surface area contributed by atoms with Crippen molar-refractivity contribution < 1.29 is 37.5 Å². The summed E-state index contributed by atoms with van der Waals surface area (Å²) in [6.07, 6.45) is 7.08. The summed E-state index contributed by atoms with van der Waals surface area (Å²) in [5.41, 5.74) is 9.09. The number of pyridine rings is 1. The maximum Gasteiger partial charge on any atom is 0.284 e. The summed E-state index contributed by atoms with van der Waals surface area (Å²) in [7, 11) is -4.56. The summed E-state index contributed by atoms with van der Waals surface area (Å²) in [5, 5.41) is 24.8. The number of nitrogens with one attached hydrogen (secondary N) is 4. The van der Waals surface area contributed by atoms with E-state index in [9.17, 15) is 37.5 Å². The number of benzene rings is 4. The van der Waals surface area contributed by atoms with Gasteiger partial charge in [-0.15, -0.1) is 11.3 Å². The van der Waals surface area contributed by atoms with Crippen molar-refractivity contribution in [3.8, 4) is 21.6 Å². The molecule has 19 nitrogen and oxygen atoms in total. The Bertz CT molecular complexity index is 3980. The van der Waals surface area contributed by atoms with Gasteiger partial charge >= 0.3 is 0 Å². The number of carbonyl (C=O) groups is 5. The summed E-state index contributed by atoms with van der Waals surface area (Å²) >= 11 is 2.95. The zero-order chi connectivity index (χ0) is 61.1. The van der Waals surface area contributed by atoms with Crippen LogP contribution in [0.4, 0.5) is 10.9 Å². The quantitative estimate of drug-likeness (QED) is 0.0537. The largest absolute Gasteiger partial charge is 0.391 e. The van der Waals surface area contributed by atoms with Crippen LogP contribution in [0, 0.1) is 25.2 Å². The number of nitrogens with zero attached hydrogens (tertiary/aromatic N) is 7. The van der Waals surface area contributed by atoms with Crippen molar-refractivity contribution in [3.63, 3.8) is 0 Å². The van der Waals surface area contributed by atoms with Gasteiger partial charge in [-0.25, -0.2) is 28.1 Å². The lowest BCUT2D eigenvalue weighted by Gasteiger charge is -2.35. The number of β-amino-alcohol motifs (C(OH)–C–C–N with tert-alkyl or cyclic N) is 1. The lowest BCUT2D eigenvalue weighted by molar-refractivity contribution is -0.144. The van der Waals surface area contributed by atoms with Gasteiger partial charge in [0.2, 0.25) is 17.7 Å². The van der Waals surface area contributed by atoms with E-state index in [4.69, 9.17) is 10.1 Å². The number of likely N-dealkylation sites (tertiary alicyclic amines) is 1. The number of sulfonamides is 1. The van der Waals surface area contributed by atoms with Crippen LogP contribution in [0.5, 0.6) is 0 Å². The Hall–Kier alpha value is -8.18. The van der Waals surface area contributed by atoms with E-state index < -0.39 is 57.3 Å². The summed E-state index contributed by atoms with van der Waals surface area (Å²) < 4.78 is 34.0. The van der Waals surface area contributed by atoms with E-state index in [-0.39, 0.29) is 55.4 Å². The average Bonchev–Trinajstić information content (AvgIpc) is 2.19. The van der Waals surface area contributed by atoms with Gasteiger partial charge in [-0.05, 0) is 121 Å². The normalized spacial score (nSPS) is 16.8. The number of aromatic nitrogens is 5. The van der Waals surface area contributed by atoms with E-state index in [1.54, 1.807) is 62.0 Å². The van der Waals surface area contributed by atoms with E-state index in [1.807, 2.05) is 90.2 Å². The first-order chi connectivity index (χ1) is 41.8. The smallest absolute Gasteiger partial charge is 0.284 e. The second kappa shape index (κ2) is 25.6. The number of hydrogen-bond acceptors (Lipinski definition) is 15. The topological polar surface area (TPSA) is 251 Å². The van der Waals surface area contributed by atoms with E-state index in [2.05, 4.69) is 30.6 Å². The second-order valence-corrected chi connectivity index (χ2v) is 27.5. The monoisotopic (exact) mass is 1230 g/mol. The molecule has 11 rings (SSSR count). The number of anilines is 2. The highest BCUT2D eigenvalue weighted by Crippen LogP contribution is 2.35. The third-order valence-electron chi connectivity index (χ3n) is 16.8. The predicted octanol–water partition coefficient (Wildman–Crippen LogP) is 9.55. The predicted molar refractivity (Wildman–Crippen MR) is 337 cm³/mol. The zero-order valence-electron chi connectivity index (χ0n) is 49.3. The van der Waals surface area contributed by atoms with Crippen LogP contribution in [0.1, 0.15) is 120 Å². The molecule has 1 saturated carbocycles. The van der Waals surface area contributed by atoms with Crippen LogP contribution in [0.25, 0.3) is 31.8 Å². The van der Waals surface area contributed by atoms with Crippen molar-refractivity contribution in [1.29, 1.82) is 0 Å². The molecule has 0 unspecified atom stereocenters. The number of aliphatic hydroxyl groups is 1. The molecule has 452 valence electrons. The fourth-order valence-corrected chi connectivity index (χ4v) is 14.7. The Labute approximate surface area is 514 Å². The minimum atomic E-state index is -4.56. The highest BCUT2D eigenvalue weighted by molar-refractivity contribution is 7.90. The molecule has 1 saturated heterocycles. The van der Waals surface area contributed by atoms with Crippen LogP contribution in [0.2, 0.25) is 0 Å². The molecule has 87 heavy (non-hydrogen) atoms. The highest BCUT2D eigenvalue weighted by atomic mass is 32.2. The molecule has 3 atom stereocenters. The standard InChI is InChI=1S/C65H71N11O8S3/c1-39-58(85-38-67-39)45-24-21-42(22-25-45)33-66-61(80)53-32-46(77)36-75(53)63(82)59(65(3,4)5)71-56(78)28-23-41-15-11-17-47(31-41)87(83,84)73-62(81)57-48(50-34-68-76(40(50)2)35-43-13-7-6-8-14-43)26-27-55(70-57)74-30-29-44-16-12-18-49(51(44)37-74)60(79)72-64-69-52-19-9-10-20-54(52)86-64/h9-12,15-22,24-27,31,34,38,43,46,53,59,77H,6-8,13-14,23,28-30,32-33,35-37H2,1-5H3,(H,66,80)(H,71,78)(H,73,81)(H,69,72,79)/t46-,53+,59-/m1/s1. The van der Waals surface area contributed by atoms with Crippen molar-refractivity contribution in [1.82, 2.24) is 45.0 Å². The average molecular weight is 1230 g/mol. The van der Waals surface area contributed by atoms with Gasteiger partial charge in [0.1, 0.15) is 23.6 Å². The minimum absolute atomic E-state index is 0.0342. The molecule has 5 N–H and O–H groups in total. The van der Waals surface area contributed by atoms with Crippen molar-refractivity contribution >= 4 is 83.4 Å². The summed E-state index contributed by atoms with van der Waals surface area (Å²) in [6.45, 7) is 10.9. The number of aliphatic hydroxyl groups excluding tert-OH is 1. The first-order valence-electron chi connectivity index (χ1n) is 29.5. The number of hydrogen-bond donors (Lipinski definition) is 5. The van der Waals surface area contributed by atoms with Crippen molar-refractivity contribution in [2.24, 2.45) is 11.3 Å². The molecule has 3 aliphatic rings. The van der Waals surface area contributed by atoms with E-state index in [0.29, 0.717) is 52.1 Å². The van der Waals surface area contributed by atoms with Gasteiger partial charge in [-0.1, -0.05) is 112 Å². The van der Waals surface area contributed by atoms with Crippen LogP contribution in [0.3, 0.4) is 0 Å². The third kappa shape index (κ3) is 13.7. The molecule has 4 aromatic carbocycles. The molecule has 0 bridgehead atoms. The molecule has 5 amide bonds. The summed E-state index contributed by atoms with van der Waals surface area (Å²) in [5.74, 6) is -1.80. The second-order valence-electron chi connectivity index (χ2n) is 24.0. The molecule has 2 aliphatic heterocycles. The van der Waals surface area contributed by atoms with Gasteiger partial charge in [0.05, 0.1) is 43.5 Å². The fourth-order valence-electron chi connectivity index (χ4n) is 12.0. The Morgan fingerprint density at radius 1 is 0.851 bits per heavy atom. The van der Waals surface area contributed by atoms with Gasteiger partial charge in [-0.2, -0.15) is 5.10 Å². The highest BCUT2D eigenvalue weighted by Gasteiger charge is 2.44. The van der Waals surface area contributed by atoms with E-state index in [0.717, 1.165) is 68.1 Å². The first kappa shape index (κ1) is 60.5. The van der Waals surface area contributed by atoms with Gasteiger partial charge in [0, 0.05) is 67.9 Å². The van der Waals surface area contributed by atoms with Crippen LogP contribution in [0.15, 0.2) is 120 Å². The lowest BCUT2D eigenvalue weighted by atomic mass is 9.85. The van der Waals surface area contributed by atoms with Crippen LogP contribution < -0.4 is 25.6 Å². The molecule has 0 spiro atoms. The number of amides is 5. The SMILES string of the molecule is Cc1ncsc1-c1ccc(CNC(=O)[C@@H]2C[C@@H](O)CN2C(=O)[C@@H](NC(=O)CCc2cccc(S(=O)(=O)NC(=O)c3nc(N4CCc5cccc(C(=O)Nc6nc7ccccc7s6)c5C4)ccc3-c3cnn(CC4CCCCC4)c3C)c2)C(C)(C)C)cc1. The molecule has 8 aromatic rings. The maximum atomic E-state index is 14.8. The van der Waals surface area contributed by atoms with E-state index in [1.165, 1.54) is 53.7 Å². The molecule has 4 aromatic heterocycles. The number of carbonyl (C=O) groups excluding carboxylic acids is 5. The molecule has 1 aliphatic carbocycles. The van der Waals surface area contributed by atoms with Crippen LogP contribution in [-0.4, -0.2) is 104 Å². The van der Waals surface area contributed by atoms with Gasteiger partial charge in [-0.3, -0.25) is 34.0 Å². The lowest BCUT2D eigenvalue weighted by Crippen LogP contribution is -2.57. The maximum absolute atomic E-state index is 14.8. The van der Waals surface area contributed by atoms with Gasteiger partial charge < -0.3 is 25.5 Å². The summed E-state index contributed by atoms with van der Waals surface area (Å²) in [6, 6.07) is 28.6. The minimum Gasteiger partial charge on any atom is -0.391 e. The fraction of sp³-hybridized carbons (Fsp3) is 0.369. The third-order valence-corrected chi connectivity index (χ3v) is 20.0. The zero-order valence-corrected chi connectivity index (χ0v) is 51.8. The number of aryl methyl sites for hydroxylation is 2. The molecule has 6 heterocycles. The van der Waals surface area contributed by atoms with Gasteiger partial charge in [0.15, 0.2) is 5.13 Å². The molecule has 22 heteroatoms. The molecular formula is C65H71N11O8S3. The van der Waals surface area contributed by atoms with Crippen molar-refractivity contribution in [3.05, 3.63) is 160 Å². The van der Waals surface area contributed by atoms with Crippen molar-refractivity contribution in [2.75, 3.05) is 23.3 Å². The van der Waals surface area contributed by atoms with Crippen LogP contribution in [-0.2, 0) is 56.9 Å². The molecule has 0 radical (unpaired) electrons. The number of rotatable bonds is 18. The number of thiazole rings is 2.